The molecule has 4 heteroatoms. The van der Waals surface area contributed by atoms with Crippen LogP contribution in [0.5, 0.6) is 5.75 Å². The summed E-state index contributed by atoms with van der Waals surface area (Å²) in [6.45, 7) is 2.31. The molecule has 4 nitrogen and oxygen atoms in total. The maximum atomic E-state index is 11.0. The monoisotopic (exact) mass is 258 g/mol. The summed E-state index contributed by atoms with van der Waals surface area (Å²) >= 11 is 0. The van der Waals surface area contributed by atoms with Crippen LogP contribution in [-0.2, 0) is 4.79 Å². The van der Waals surface area contributed by atoms with Crippen LogP contribution >= 0.6 is 0 Å². The third-order valence-electron chi connectivity index (χ3n) is 3.45. The molecule has 19 heavy (non-hydrogen) atoms. The van der Waals surface area contributed by atoms with Gasteiger partial charge in [0.2, 0.25) is 0 Å². The number of nitriles is 1. The molecule has 0 saturated carbocycles. The van der Waals surface area contributed by atoms with Crippen molar-refractivity contribution in [3.05, 3.63) is 29.8 Å². The molecule has 1 unspecified atom stereocenters. The second-order valence-electron chi connectivity index (χ2n) is 4.72. The van der Waals surface area contributed by atoms with Crippen molar-refractivity contribution in [2.75, 3.05) is 19.7 Å². The fourth-order valence-corrected chi connectivity index (χ4v) is 2.35. The Hall–Kier alpha value is -1.86. The Morgan fingerprint density at radius 3 is 2.84 bits per heavy atom. The van der Waals surface area contributed by atoms with Crippen molar-refractivity contribution < 1.29 is 9.53 Å². The number of hydrogen-bond acceptors (Lipinski definition) is 4. The molecule has 0 spiro atoms. The average molecular weight is 258 g/mol. The van der Waals surface area contributed by atoms with E-state index in [0.717, 1.165) is 44.4 Å². The summed E-state index contributed by atoms with van der Waals surface area (Å²) in [5.74, 6) is 0.763. The van der Waals surface area contributed by atoms with E-state index in [1.807, 2.05) is 0 Å². The van der Waals surface area contributed by atoms with E-state index >= 15 is 0 Å². The Morgan fingerprint density at radius 2 is 2.16 bits per heavy atom. The number of piperidine rings is 1. The Balaban J connectivity index is 1.79. The van der Waals surface area contributed by atoms with Crippen LogP contribution in [0.2, 0.25) is 0 Å². The smallest absolute Gasteiger partial charge is 0.137 e. The highest BCUT2D eigenvalue weighted by molar-refractivity contribution is 5.57. The fourth-order valence-electron chi connectivity index (χ4n) is 2.35. The van der Waals surface area contributed by atoms with Crippen LogP contribution in [0, 0.1) is 11.3 Å². The first-order valence-electron chi connectivity index (χ1n) is 6.66. The van der Waals surface area contributed by atoms with E-state index in [0.29, 0.717) is 12.2 Å². The highest BCUT2D eigenvalue weighted by atomic mass is 16.5. The summed E-state index contributed by atoms with van der Waals surface area (Å²) in [5, 5.41) is 8.70. The van der Waals surface area contributed by atoms with Crippen LogP contribution in [0.3, 0.4) is 0 Å². The third kappa shape index (κ3) is 3.80. The van der Waals surface area contributed by atoms with Crippen LogP contribution in [0.25, 0.3) is 0 Å². The summed E-state index contributed by atoms with van der Waals surface area (Å²) in [6.07, 6.45) is 4.29. The molecule has 0 N–H and O–H groups in total. The van der Waals surface area contributed by atoms with Gasteiger partial charge in [-0.05, 0) is 43.7 Å². The first kappa shape index (κ1) is 13.6. The molecule has 0 aliphatic carbocycles. The molecule has 1 heterocycles. The van der Waals surface area contributed by atoms with Gasteiger partial charge in [0.25, 0.3) is 0 Å². The van der Waals surface area contributed by atoms with Gasteiger partial charge in [0.1, 0.15) is 18.6 Å². The van der Waals surface area contributed by atoms with E-state index in [-0.39, 0.29) is 6.04 Å². The highest BCUT2D eigenvalue weighted by Gasteiger charge is 2.21. The molecule has 0 amide bonds. The van der Waals surface area contributed by atoms with Crippen molar-refractivity contribution in [1.82, 2.24) is 4.90 Å². The molecule has 0 bridgehead atoms. The molecule has 1 aliphatic rings. The number of hydrogen-bond donors (Lipinski definition) is 0. The molecule has 1 aromatic carbocycles. The topological polar surface area (TPSA) is 53.3 Å². The van der Waals surface area contributed by atoms with Gasteiger partial charge in [0.05, 0.1) is 17.7 Å². The summed E-state index contributed by atoms with van der Waals surface area (Å²) in [6, 6.07) is 9.20. The maximum absolute atomic E-state index is 11.0. The van der Waals surface area contributed by atoms with Crippen molar-refractivity contribution in [1.29, 1.82) is 5.26 Å². The predicted molar refractivity (Wildman–Crippen MR) is 71.9 cm³/mol. The molecular formula is C15H18N2O2. The van der Waals surface area contributed by atoms with Crippen LogP contribution < -0.4 is 4.74 Å². The number of carbonyl (C=O) groups excluding carboxylic acids is 1. The van der Waals surface area contributed by atoms with Gasteiger partial charge in [0.15, 0.2) is 0 Å². The van der Waals surface area contributed by atoms with Gasteiger partial charge in [-0.1, -0.05) is 6.42 Å². The van der Waals surface area contributed by atoms with Gasteiger partial charge in [0, 0.05) is 6.54 Å². The Kier molecular flexibility index (Phi) is 4.93. The minimum Gasteiger partial charge on any atom is -0.492 e. The third-order valence-corrected chi connectivity index (χ3v) is 3.45. The normalized spacial score (nSPS) is 19.6. The van der Waals surface area contributed by atoms with Crippen molar-refractivity contribution in [3.63, 3.8) is 0 Å². The molecular weight excluding hydrogens is 240 g/mol. The zero-order valence-corrected chi connectivity index (χ0v) is 10.9. The van der Waals surface area contributed by atoms with E-state index in [2.05, 4.69) is 11.0 Å². The minimum atomic E-state index is 0.0540. The van der Waals surface area contributed by atoms with Crippen molar-refractivity contribution >= 4 is 6.29 Å². The predicted octanol–water partition coefficient (Wildman–Crippen LogP) is 1.99. The molecule has 100 valence electrons. The maximum Gasteiger partial charge on any atom is 0.137 e. The Labute approximate surface area is 113 Å². The summed E-state index contributed by atoms with van der Waals surface area (Å²) < 4.78 is 5.63. The van der Waals surface area contributed by atoms with Crippen molar-refractivity contribution in [2.24, 2.45) is 0 Å². The number of carbonyl (C=O) groups is 1. The SMILES string of the molecule is N#Cc1ccc(OCCN2CCCCC2C=O)cc1. The second kappa shape index (κ2) is 6.91. The van der Waals surface area contributed by atoms with Crippen LogP contribution in [0.15, 0.2) is 24.3 Å². The fraction of sp³-hybridized carbons (Fsp3) is 0.467. The second-order valence-corrected chi connectivity index (χ2v) is 4.72. The Morgan fingerprint density at radius 1 is 1.37 bits per heavy atom. The number of rotatable bonds is 5. The first-order valence-corrected chi connectivity index (χ1v) is 6.66. The Bertz CT molecular complexity index is 450. The van der Waals surface area contributed by atoms with E-state index < -0.39 is 0 Å². The largest absolute Gasteiger partial charge is 0.492 e. The van der Waals surface area contributed by atoms with E-state index in [9.17, 15) is 4.79 Å². The number of ether oxygens (including phenoxy) is 1. The molecule has 1 aromatic rings. The zero-order valence-electron chi connectivity index (χ0n) is 10.9. The van der Waals surface area contributed by atoms with Crippen LogP contribution in [0.4, 0.5) is 0 Å². The molecule has 2 rings (SSSR count). The lowest BCUT2D eigenvalue weighted by Gasteiger charge is -2.31. The summed E-state index contributed by atoms with van der Waals surface area (Å²) in [4.78, 5) is 13.1. The lowest BCUT2D eigenvalue weighted by atomic mass is 10.0. The lowest BCUT2D eigenvalue weighted by Crippen LogP contribution is -2.42. The molecule has 1 saturated heterocycles. The van der Waals surface area contributed by atoms with Crippen LogP contribution in [-0.4, -0.2) is 36.9 Å². The van der Waals surface area contributed by atoms with Crippen molar-refractivity contribution in [2.45, 2.75) is 25.3 Å². The van der Waals surface area contributed by atoms with Crippen LogP contribution in [0.1, 0.15) is 24.8 Å². The summed E-state index contributed by atoms with van der Waals surface area (Å²) in [7, 11) is 0. The molecule has 1 fully saturated rings. The molecule has 1 atom stereocenters. The number of aldehydes is 1. The van der Waals surface area contributed by atoms with Gasteiger partial charge in [-0.2, -0.15) is 5.26 Å². The quantitative estimate of drug-likeness (QED) is 0.758. The highest BCUT2D eigenvalue weighted by Crippen LogP contribution is 2.16. The minimum absolute atomic E-state index is 0.0540. The number of likely N-dealkylation sites (tertiary alicyclic amines) is 1. The van der Waals surface area contributed by atoms with E-state index in [4.69, 9.17) is 10.00 Å². The average Bonchev–Trinajstić information content (AvgIpc) is 2.48. The number of benzene rings is 1. The zero-order chi connectivity index (χ0) is 13.5. The van der Waals surface area contributed by atoms with Gasteiger partial charge in [-0.25, -0.2) is 0 Å². The number of nitrogens with zero attached hydrogens (tertiary/aromatic N) is 2. The standard InChI is InChI=1S/C15H18N2O2/c16-11-13-4-6-15(7-5-13)19-10-9-17-8-2-1-3-14(17)12-18/h4-7,12,14H,1-3,8-10H2. The molecule has 1 aliphatic heterocycles. The summed E-state index contributed by atoms with van der Waals surface area (Å²) in [5.41, 5.74) is 0.629. The van der Waals surface area contributed by atoms with Gasteiger partial charge in [-0.3, -0.25) is 4.90 Å². The van der Waals surface area contributed by atoms with E-state index in [1.165, 1.54) is 0 Å². The van der Waals surface area contributed by atoms with Crippen molar-refractivity contribution in [3.8, 4) is 11.8 Å². The molecule has 0 radical (unpaired) electrons. The van der Waals surface area contributed by atoms with Gasteiger partial charge < -0.3 is 9.53 Å². The lowest BCUT2D eigenvalue weighted by molar-refractivity contribution is -0.113. The van der Waals surface area contributed by atoms with E-state index in [1.54, 1.807) is 24.3 Å². The first-order chi connectivity index (χ1) is 9.33. The molecule has 0 aromatic heterocycles. The van der Waals surface area contributed by atoms with Gasteiger partial charge >= 0.3 is 0 Å². The van der Waals surface area contributed by atoms with Gasteiger partial charge in [-0.15, -0.1) is 0 Å².